The first-order valence-corrected chi connectivity index (χ1v) is 17.3. The summed E-state index contributed by atoms with van der Waals surface area (Å²) in [6.45, 7) is 4.80. The molecule has 2 aliphatic heterocycles. The maximum atomic E-state index is 11.7. The lowest BCUT2D eigenvalue weighted by Gasteiger charge is -2.42. The minimum Gasteiger partial charge on any atom is -0.462 e. The van der Waals surface area contributed by atoms with E-state index < -0.39 is 5.97 Å². The van der Waals surface area contributed by atoms with Gasteiger partial charge in [0.2, 0.25) is 18.9 Å². The molecule has 2 N–H and O–H groups in total. The Bertz CT molecular complexity index is 1840. The second-order valence-electron chi connectivity index (χ2n) is 12.5. The molecular formula is C37H41Cl2N5O8. The highest BCUT2D eigenvalue weighted by Crippen LogP contribution is 2.48. The Morgan fingerprint density at radius 2 is 1.17 bits per heavy atom. The zero-order chi connectivity index (χ0) is 35.8. The average Bonchev–Trinajstić information content (AvgIpc) is 3.79. The zero-order valence-electron chi connectivity index (χ0n) is 29.0. The lowest BCUT2D eigenvalue weighted by Crippen LogP contribution is -2.43. The van der Waals surface area contributed by atoms with Crippen LogP contribution in [0.1, 0.15) is 90.0 Å². The number of halogens is 2. The maximum Gasteiger partial charge on any atom is 0.341 e. The van der Waals surface area contributed by atoms with Crippen LogP contribution < -0.4 is 24.7 Å². The van der Waals surface area contributed by atoms with Gasteiger partial charge in [-0.2, -0.15) is 0 Å². The van der Waals surface area contributed by atoms with Crippen molar-refractivity contribution in [1.29, 1.82) is 0 Å². The first-order valence-electron chi connectivity index (χ1n) is 16.9. The molecule has 0 amide bonds. The fraction of sp³-hybridized carbons (Fsp3) is 0.405. The molecule has 2 aliphatic carbocycles. The maximum absolute atomic E-state index is 11.7. The van der Waals surface area contributed by atoms with E-state index in [0.29, 0.717) is 31.1 Å². The molecule has 2 saturated carbocycles. The van der Waals surface area contributed by atoms with Crippen LogP contribution in [-0.4, -0.2) is 58.7 Å². The van der Waals surface area contributed by atoms with Gasteiger partial charge in [-0.25, -0.2) is 29.5 Å². The molecule has 0 bridgehead atoms. The predicted octanol–water partition coefficient (Wildman–Crippen LogP) is 6.53. The standard InChI is InChI=1S/C19H20N2O4.C11H13NO2.C7H7ClN2O2.ClH/c1-2-23-18(22)13-10-20-17(21-11-13)9-19(6-3-7-19)14-4-5-15-16(8-14)25-12-24-15;12-11(4-1-5-11)8-2-3-9-10(6-8)14-7-13-9;1-2-12-6(11)5-3-9-7(8)10-4-5;/h4-5,8,10-11H,2-3,6-7,9,12H2,1H3;2-3,6H,1,4-5,7,12H2;3-4H,2H2,1H3;1H. The molecule has 0 spiro atoms. The smallest absolute Gasteiger partial charge is 0.341 e. The second-order valence-corrected chi connectivity index (χ2v) is 12.9. The van der Waals surface area contributed by atoms with Gasteiger partial charge in [0.15, 0.2) is 23.0 Å². The highest BCUT2D eigenvalue weighted by molar-refractivity contribution is 6.28. The molecule has 2 aromatic carbocycles. The first-order chi connectivity index (χ1) is 24.7. The summed E-state index contributed by atoms with van der Waals surface area (Å²) >= 11 is 5.42. The average molecular weight is 755 g/mol. The summed E-state index contributed by atoms with van der Waals surface area (Å²) in [5.41, 5.74) is 9.25. The van der Waals surface area contributed by atoms with Crippen LogP contribution in [0.2, 0.25) is 5.28 Å². The van der Waals surface area contributed by atoms with Crippen molar-refractivity contribution < 1.29 is 38.0 Å². The van der Waals surface area contributed by atoms with Crippen LogP contribution in [0.3, 0.4) is 0 Å². The fourth-order valence-electron chi connectivity index (χ4n) is 6.15. The molecular weight excluding hydrogens is 713 g/mol. The number of hydrogen-bond donors (Lipinski definition) is 1. The van der Waals surface area contributed by atoms with Gasteiger partial charge in [-0.1, -0.05) is 18.6 Å². The Morgan fingerprint density at radius 3 is 1.63 bits per heavy atom. The lowest BCUT2D eigenvalue weighted by molar-refractivity contribution is 0.0515. The molecule has 52 heavy (non-hydrogen) atoms. The molecule has 4 aliphatic rings. The van der Waals surface area contributed by atoms with Crippen LogP contribution in [0, 0.1) is 0 Å². The molecule has 2 fully saturated rings. The van der Waals surface area contributed by atoms with Gasteiger partial charge >= 0.3 is 11.9 Å². The monoisotopic (exact) mass is 753 g/mol. The number of carbonyl (C=O) groups excluding carboxylic acids is 2. The number of aromatic nitrogens is 4. The summed E-state index contributed by atoms with van der Waals surface area (Å²) in [6.07, 6.45) is 13.2. The van der Waals surface area contributed by atoms with Crippen molar-refractivity contribution >= 4 is 35.9 Å². The Hall–Kier alpha value is -4.72. The Kier molecular flexibility index (Phi) is 12.7. The van der Waals surface area contributed by atoms with Gasteiger partial charge in [0.1, 0.15) is 5.82 Å². The van der Waals surface area contributed by atoms with Gasteiger partial charge in [-0.15, -0.1) is 12.4 Å². The van der Waals surface area contributed by atoms with Gasteiger partial charge in [0.05, 0.1) is 24.3 Å². The van der Waals surface area contributed by atoms with E-state index >= 15 is 0 Å². The topological polar surface area (TPSA) is 167 Å². The van der Waals surface area contributed by atoms with E-state index in [0.717, 1.165) is 60.9 Å². The number of nitrogens with zero attached hydrogens (tertiary/aromatic N) is 4. The highest BCUT2D eigenvalue weighted by Gasteiger charge is 2.40. The summed E-state index contributed by atoms with van der Waals surface area (Å²) in [5.74, 6) is 3.19. The Balaban J connectivity index is 0.000000164. The molecule has 0 atom stereocenters. The van der Waals surface area contributed by atoms with E-state index in [9.17, 15) is 9.59 Å². The molecule has 4 aromatic rings. The number of fused-ring (bicyclic) bond motifs is 2. The predicted molar refractivity (Wildman–Crippen MR) is 192 cm³/mol. The third kappa shape index (κ3) is 8.83. The summed E-state index contributed by atoms with van der Waals surface area (Å²) in [7, 11) is 0. The van der Waals surface area contributed by atoms with Crippen molar-refractivity contribution in [3.63, 3.8) is 0 Å². The minimum atomic E-state index is -0.436. The van der Waals surface area contributed by atoms with Crippen LogP contribution in [0.15, 0.2) is 61.2 Å². The number of ether oxygens (including phenoxy) is 6. The van der Waals surface area contributed by atoms with E-state index in [4.69, 9.17) is 45.8 Å². The number of carbonyl (C=O) groups is 2. The van der Waals surface area contributed by atoms with Gasteiger partial charge in [-0.3, -0.25) is 0 Å². The van der Waals surface area contributed by atoms with Crippen molar-refractivity contribution in [1.82, 2.24) is 19.9 Å². The van der Waals surface area contributed by atoms with Crippen molar-refractivity contribution in [3.05, 3.63) is 94.5 Å². The lowest BCUT2D eigenvalue weighted by atomic mass is 9.62. The van der Waals surface area contributed by atoms with Crippen LogP contribution in [0.5, 0.6) is 23.0 Å². The normalized spacial score (nSPS) is 16.2. The molecule has 15 heteroatoms. The van der Waals surface area contributed by atoms with Crippen LogP contribution in [0.4, 0.5) is 0 Å². The Morgan fingerprint density at radius 1 is 0.712 bits per heavy atom. The quantitative estimate of drug-likeness (QED) is 0.153. The third-order valence-electron chi connectivity index (χ3n) is 9.33. The van der Waals surface area contributed by atoms with E-state index in [-0.39, 0.29) is 41.4 Å². The number of hydrogen-bond acceptors (Lipinski definition) is 13. The summed E-state index contributed by atoms with van der Waals surface area (Å²) in [6, 6.07) is 12.2. The van der Waals surface area contributed by atoms with Gasteiger partial charge < -0.3 is 34.2 Å². The minimum absolute atomic E-state index is 0. The molecule has 2 aromatic heterocycles. The molecule has 13 nitrogen and oxygen atoms in total. The number of benzene rings is 2. The molecule has 276 valence electrons. The summed E-state index contributed by atoms with van der Waals surface area (Å²) in [5, 5.41) is 0.114. The van der Waals surface area contributed by atoms with Crippen molar-refractivity contribution in [2.45, 2.75) is 69.7 Å². The molecule has 4 heterocycles. The first kappa shape index (κ1) is 38.5. The highest BCUT2D eigenvalue weighted by atomic mass is 35.5. The van der Waals surface area contributed by atoms with Gasteiger partial charge in [-0.05, 0) is 92.9 Å². The summed E-state index contributed by atoms with van der Waals surface area (Å²) in [4.78, 5) is 38.8. The van der Waals surface area contributed by atoms with Crippen molar-refractivity contribution in [2.75, 3.05) is 26.8 Å². The molecule has 0 saturated heterocycles. The largest absolute Gasteiger partial charge is 0.462 e. The van der Waals surface area contributed by atoms with E-state index in [2.05, 4.69) is 32.1 Å². The van der Waals surface area contributed by atoms with Crippen LogP contribution >= 0.6 is 24.0 Å². The second kappa shape index (κ2) is 17.2. The Labute approximate surface area is 312 Å². The molecule has 8 rings (SSSR count). The van der Waals surface area contributed by atoms with E-state index in [1.807, 2.05) is 24.3 Å². The SMILES string of the molecule is CCOC(=O)c1cnc(CC2(c3ccc4c(c3)OCO4)CCC2)nc1.CCOC(=O)c1cnc(Cl)nc1.Cl.NC1(c2ccc3c(c2)OCO3)CCC1. The van der Waals surface area contributed by atoms with Gasteiger partial charge in [0.25, 0.3) is 0 Å². The van der Waals surface area contributed by atoms with Crippen LogP contribution in [-0.2, 0) is 26.8 Å². The van der Waals surface area contributed by atoms with Crippen molar-refractivity contribution in [3.8, 4) is 23.0 Å². The number of esters is 2. The number of nitrogens with two attached hydrogens (primary N) is 1. The van der Waals surface area contributed by atoms with Gasteiger partial charge in [0, 0.05) is 42.2 Å². The third-order valence-corrected chi connectivity index (χ3v) is 9.53. The molecule has 0 radical (unpaired) electrons. The fourth-order valence-corrected chi connectivity index (χ4v) is 6.25. The zero-order valence-corrected chi connectivity index (χ0v) is 30.5. The van der Waals surface area contributed by atoms with E-state index in [1.165, 1.54) is 36.4 Å². The summed E-state index contributed by atoms with van der Waals surface area (Å²) < 4.78 is 31.2. The van der Waals surface area contributed by atoms with Crippen molar-refractivity contribution in [2.24, 2.45) is 5.73 Å². The molecule has 0 unspecified atom stereocenters. The number of rotatable bonds is 8. The van der Waals surface area contributed by atoms with Crippen LogP contribution in [0.25, 0.3) is 0 Å². The van der Waals surface area contributed by atoms with E-state index in [1.54, 1.807) is 26.2 Å².